The molecule has 72 valence electrons. The Balaban J connectivity index is 2.68. The van der Waals surface area contributed by atoms with Crippen LogP contribution in [0.3, 0.4) is 0 Å². The highest BCUT2D eigenvalue weighted by atomic mass is 35.5. The van der Waals surface area contributed by atoms with E-state index in [2.05, 4.69) is 14.9 Å². The van der Waals surface area contributed by atoms with Crippen LogP contribution in [0.5, 0.6) is 0 Å². The van der Waals surface area contributed by atoms with Gasteiger partial charge in [0.25, 0.3) is 0 Å². The Bertz CT molecular complexity index is 497. The maximum atomic E-state index is 11.3. The summed E-state index contributed by atoms with van der Waals surface area (Å²) in [6, 6.07) is 0. The molecule has 0 aliphatic carbocycles. The van der Waals surface area contributed by atoms with Crippen molar-refractivity contribution in [1.82, 2.24) is 10.2 Å². The van der Waals surface area contributed by atoms with E-state index in [9.17, 15) is 4.79 Å². The summed E-state index contributed by atoms with van der Waals surface area (Å²) in [6.07, 6.45) is 3.10. The summed E-state index contributed by atoms with van der Waals surface area (Å²) in [6.45, 7) is 0. The fourth-order valence-electron chi connectivity index (χ4n) is 1.06. The van der Waals surface area contributed by atoms with E-state index in [4.69, 9.17) is 11.6 Å². The molecule has 6 heteroatoms. The molecular weight excluding hydrogens is 224 g/mol. The number of fused-ring (bicyclic) bond motifs is 1. The molecule has 2 rings (SSSR count). The van der Waals surface area contributed by atoms with Crippen LogP contribution in [0.4, 0.5) is 0 Å². The molecular formula is C8H5ClN2O2S. The van der Waals surface area contributed by atoms with Gasteiger partial charge < -0.3 is 4.74 Å². The van der Waals surface area contributed by atoms with Crippen LogP contribution in [0.25, 0.3) is 10.1 Å². The van der Waals surface area contributed by atoms with Crippen molar-refractivity contribution in [2.45, 2.75) is 0 Å². The molecule has 2 aromatic rings. The largest absolute Gasteiger partial charge is 0.465 e. The first-order valence-electron chi connectivity index (χ1n) is 3.71. The fraction of sp³-hybridized carbons (Fsp3) is 0.125. The van der Waals surface area contributed by atoms with Crippen LogP contribution in [-0.4, -0.2) is 23.3 Å². The van der Waals surface area contributed by atoms with Gasteiger partial charge in [-0.2, -0.15) is 10.2 Å². The zero-order chi connectivity index (χ0) is 10.1. The van der Waals surface area contributed by atoms with Crippen molar-refractivity contribution in [3.05, 3.63) is 22.3 Å². The van der Waals surface area contributed by atoms with Crippen molar-refractivity contribution in [1.29, 1.82) is 0 Å². The molecule has 0 unspecified atom stereocenters. The molecule has 0 aromatic carbocycles. The SMILES string of the molecule is COC(=O)c1sc2cnncc2c1Cl. The summed E-state index contributed by atoms with van der Waals surface area (Å²) in [7, 11) is 1.32. The highest BCUT2D eigenvalue weighted by Gasteiger charge is 2.17. The monoisotopic (exact) mass is 228 g/mol. The summed E-state index contributed by atoms with van der Waals surface area (Å²) < 4.78 is 5.42. The second-order valence-corrected chi connectivity index (χ2v) is 3.93. The molecule has 0 atom stereocenters. The molecule has 2 heterocycles. The number of carbonyl (C=O) groups is 1. The normalized spacial score (nSPS) is 10.4. The van der Waals surface area contributed by atoms with Crippen molar-refractivity contribution in [2.75, 3.05) is 7.11 Å². The van der Waals surface area contributed by atoms with Crippen molar-refractivity contribution in [2.24, 2.45) is 0 Å². The third-order valence-electron chi connectivity index (χ3n) is 1.71. The van der Waals surface area contributed by atoms with E-state index in [0.29, 0.717) is 9.90 Å². The van der Waals surface area contributed by atoms with E-state index in [1.165, 1.54) is 24.6 Å². The Hall–Kier alpha value is -1.20. The number of halogens is 1. The Morgan fingerprint density at radius 3 is 2.86 bits per heavy atom. The van der Waals surface area contributed by atoms with Gasteiger partial charge in [-0.15, -0.1) is 11.3 Å². The number of esters is 1. The van der Waals surface area contributed by atoms with E-state index in [1.54, 1.807) is 6.20 Å². The summed E-state index contributed by atoms with van der Waals surface area (Å²) in [5, 5.41) is 8.50. The first-order chi connectivity index (χ1) is 6.74. The average molecular weight is 229 g/mol. The summed E-state index contributed by atoms with van der Waals surface area (Å²) in [4.78, 5) is 11.7. The van der Waals surface area contributed by atoms with Crippen molar-refractivity contribution >= 4 is 39.0 Å². The molecule has 0 saturated heterocycles. The van der Waals surface area contributed by atoms with E-state index in [1.807, 2.05) is 0 Å². The van der Waals surface area contributed by atoms with Gasteiger partial charge in [0.15, 0.2) is 0 Å². The number of carbonyl (C=O) groups excluding carboxylic acids is 1. The van der Waals surface area contributed by atoms with Gasteiger partial charge in [0.05, 0.1) is 29.2 Å². The van der Waals surface area contributed by atoms with Gasteiger partial charge in [0, 0.05) is 5.39 Å². The Morgan fingerprint density at radius 2 is 2.21 bits per heavy atom. The van der Waals surface area contributed by atoms with Gasteiger partial charge in [0.1, 0.15) is 4.88 Å². The number of methoxy groups -OCH3 is 1. The molecule has 0 radical (unpaired) electrons. The minimum absolute atomic E-state index is 0.381. The summed E-state index contributed by atoms with van der Waals surface area (Å²) in [5.74, 6) is -0.434. The third kappa shape index (κ3) is 1.34. The van der Waals surface area contributed by atoms with Gasteiger partial charge in [-0.1, -0.05) is 11.6 Å². The van der Waals surface area contributed by atoms with Crippen molar-refractivity contribution < 1.29 is 9.53 Å². The molecule has 0 amide bonds. The van der Waals surface area contributed by atoms with Gasteiger partial charge in [-0.3, -0.25) is 0 Å². The zero-order valence-corrected chi connectivity index (χ0v) is 8.72. The number of rotatable bonds is 1. The van der Waals surface area contributed by atoms with Crippen LogP contribution in [0.15, 0.2) is 12.4 Å². The van der Waals surface area contributed by atoms with E-state index in [0.717, 1.165) is 10.1 Å². The standard InChI is InChI=1S/C8H5ClN2O2S/c1-13-8(12)7-6(9)4-2-10-11-3-5(4)14-7/h2-3H,1H3. The lowest BCUT2D eigenvalue weighted by Gasteiger charge is -1.93. The summed E-state index contributed by atoms with van der Waals surface area (Å²) in [5.41, 5.74) is 0. The Labute approximate surface area is 88.5 Å². The van der Waals surface area contributed by atoms with Crippen molar-refractivity contribution in [3.63, 3.8) is 0 Å². The van der Waals surface area contributed by atoms with Crippen LogP contribution in [0, 0.1) is 0 Å². The number of hydrogen-bond acceptors (Lipinski definition) is 5. The highest BCUT2D eigenvalue weighted by molar-refractivity contribution is 7.21. The number of hydrogen-bond donors (Lipinski definition) is 0. The van der Waals surface area contributed by atoms with Gasteiger partial charge >= 0.3 is 5.97 Å². The minimum Gasteiger partial charge on any atom is -0.465 e. The van der Waals surface area contributed by atoms with Crippen LogP contribution in [-0.2, 0) is 4.74 Å². The molecule has 0 spiro atoms. The van der Waals surface area contributed by atoms with E-state index < -0.39 is 5.97 Å². The molecule has 2 aromatic heterocycles. The third-order valence-corrected chi connectivity index (χ3v) is 3.34. The molecule has 0 saturated carbocycles. The Morgan fingerprint density at radius 1 is 1.50 bits per heavy atom. The highest BCUT2D eigenvalue weighted by Crippen LogP contribution is 2.34. The average Bonchev–Trinajstić information content (AvgIpc) is 2.56. The van der Waals surface area contributed by atoms with Crippen molar-refractivity contribution in [3.8, 4) is 0 Å². The fourth-order valence-corrected chi connectivity index (χ4v) is 2.41. The predicted molar refractivity (Wildman–Crippen MR) is 53.8 cm³/mol. The Kier molecular flexibility index (Phi) is 2.35. The van der Waals surface area contributed by atoms with Crippen LogP contribution in [0.1, 0.15) is 9.67 Å². The van der Waals surface area contributed by atoms with Gasteiger partial charge in [-0.05, 0) is 0 Å². The van der Waals surface area contributed by atoms with Crippen LogP contribution >= 0.6 is 22.9 Å². The first-order valence-corrected chi connectivity index (χ1v) is 4.90. The van der Waals surface area contributed by atoms with E-state index in [-0.39, 0.29) is 0 Å². The maximum absolute atomic E-state index is 11.3. The second kappa shape index (κ2) is 3.51. The quantitative estimate of drug-likeness (QED) is 0.702. The smallest absolute Gasteiger partial charge is 0.349 e. The summed E-state index contributed by atoms with van der Waals surface area (Å²) >= 11 is 7.22. The lowest BCUT2D eigenvalue weighted by molar-refractivity contribution is 0.0606. The molecule has 0 aliphatic heterocycles. The van der Waals surface area contributed by atoms with Crippen LogP contribution in [0.2, 0.25) is 5.02 Å². The van der Waals surface area contributed by atoms with Gasteiger partial charge in [0.2, 0.25) is 0 Å². The molecule has 0 aliphatic rings. The minimum atomic E-state index is -0.434. The molecule has 0 bridgehead atoms. The number of nitrogens with zero attached hydrogens (tertiary/aromatic N) is 2. The predicted octanol–water partition coefficient (Wildman–Crippen LogP) is 2.13. The molecule has 14 heavy (non-hydrogen) atoms. The maximum Gasteiger partial charge on any atom is 0.349 e. The lowest BCUT2D eigenvalue weighted by atomic mass is 10.3. The molecule has 0 N–H and O–H groups in total. The van der Waals surface area contributed by atoms with Gasteiger partial charge in [-0.25, -0.2) is 4.79 Å². The lowest BCUT2D eigenvalue weighted by Crippen LogP contribution is -1.97. The van der Waals surface area contributed by atoms with Crippen LogP contribution < -0.4 is 0 Å². The first kappa shape index (κ1) is 9.36. The zero-order valence-electron chi connectivity index (χ0n) is 7.15. The number of ether oxygens (including phenoxy) is 1. The number of aromatic nitrogens is 2. The topological polar surface area (TPSA) is 52.1 Å². The second-order valence-electron chi connectivity index (χ2n) is 2.50. The molecule has 0 fully saturated rings. The van der Waals surface area contributed by atoms with E-state index >= 15 is 0 Å². The number of thiophene rings is 1. The molecule has 4 nitrogen and oxygen atoms in total.